The first-order valence-corrected chi connectivity index (χ1v) is 7.37. The van der Waals surface area contributed by atoms with Gasteiger partial charge in [-0.25, -0.2) is 14.6 Å². The number of nitrogens with one attached hydrogen (secondary N) is 1. The highest BCUT2D eigenvalue weighted by Crippen LogP contribution is 2.26. The van der Waals surface area contributed by atoms with Crippen LogP contribution in [0.15, 0.2) is 22.6 Å². The van der Waals surface area contributed by atoms with E-state index in [1.54, 1.807) is 11.0 Å². The fourth-order valence-electron chi connectivity index (χ4n) is 2.31. The molecule has 0 aliphatic carbocycles. The maximum absolute atomic E-state index is 5.31. The summed E-state index contributed by atoms with van der Waals surface area (Å²) >= 11 is 3.46. The fourth-order valence-corrected chi connectivity index (χ4v) is 2.91. The van der Waals surface area contributed by atoms with Crippen LogP contribution in [0.3, 0.4) is 0 Å². The molecule has 1 aliphatic rings. The Balaban J connectivity index is 1.73. The van der Waals surface area contributed by atoms with Crippen molar-refractivity contribution in [3.63, 3.8) is 0 Å². The Hall–Kier alpha value is -1.47. The van der Waals surface area contributed by atoms with E-state index >= 15 is 0 Å². The number of aromatic nitrogens is 4. The van der Waals surface area contributed by atoms with E-state index in [-0.39, 0.29) is 0 Å². The molecule has 20 heavy (non-hydrogen) atoms. The third kappa shape index (κ3) is 2.69. The number of anilines is 1. The molecule has 0 amide bonds. The van der Waals surface area contributed by atoms with Gasteiger partial charge in [0.05, 0.1) is 18.6 Å². The number of hydrogen-bond acceptors (Lipinski definition) is 5. The molecule has 2 aromatic rings. The molecule has 0 spiro atoms. The zero-order chi connectivity index (χ0) is 13.9. The highest BCUT2D eigenvalue weighted by Gasteiger charge is 2.13. The molecule has 0 radical (unpaired) electrons. The second-order valence-corrected chi connectivity index (χ2v) is 5.45. The first kappa shape index (κ1) is 13.5. The smallest absolute Gasteiger partial charge is 0.164 e. The van der Waals surface area contributed by atoms with Crippen LogP contribution < -0.4 is 5.32 Å². The molecule has 0 aromatic carbocycles. The topological polar surface area (TPSA) is 64.9 Å². The molecule has 6 nitrogen and oxygen atoms in total. The van der Waals surface area contributed by atoms with Crippen LogP contribution in [0.1, 0.15) is 12.8 Å². The van der Waals surface area contributed by atoms with E-state index in [4.69, 9.17) is 4.74 Å². The molecule has 0 saturated heterocycles. The number of nitrogens with zero attached hydrogens (tertiary/aromatic N) is 4. The van der Waals surface area contributed by atoms with Crippen LogP contribution in [0.25, 0.3) is 11.0 Å². The number of aryl methyl sites for hydroxylation is 1. The van der Waals surface area contributed by atoms with E-state index in [1.807, 2.05) is 7.05 Å². The summed E-state index contributed by atoms with van der Waals surface area (Å²) in [4.78, 5) is 8.57. The van der Waals surface area contributed by atoms with Gasteiger partial charge in [0.15, 0.2) is 5.65 Å². The Morgan fingerprint density at radius 2 is 2.35 bits per heavy atom. The molecular formula is C13H16BrN5O. The fraction of sp³-hybridized carbons (Fsp3) is 0.462. The van der Waals surface area contributed by atoms with Gasteiger partial charge in [-0.2, -0.15) is 5.10 Å². The average Bonchev–Trinajstić information content (AvgIpc) is 2.76. The maximum Gasteiger partial charge on any atom is 0.164 e. The molecule has 0 bridgehead atoms. The number of fused-ring (bicyclic) bond motifs is 1. The van der Waals surface area contributed by atoms with Crippen molar-refractivity contribution in [2.45, 2.75) is 12.8 Å². The van der Waals surface area contributed by atoms with Crippen LogP contribution in [0.4, 0.5) is 5.82 Å². The first-order chi connectivity index (χ1) is 9.75. The van der Waals surface area contributed by atoms with Gasteiger partial charge in [0.2, 0.25) is 0 Å². The Morgan fingerprint density at radius 1 is 1.45 bits per heavy atom. The van der Waals surface area contributed by atoms with Gasteiger partial charge in [0, 0.05) is 13.6 Å². The Morgan fingerprint density at radius 3 is 3.15 bits per heavy atom. The minimum atomic E-state index is 0.737. The predicted molar refractivity (Wildman–Crippen MR) is 80.6 cm³/mol. The summed E-state index contributed by atoms with van der Waals surface area (Å²) in [6.07, 6.45) is 5.76. The Bertz CT molecular complexity index is 651. The molecule has 106 valence electrons. The molecule has 3 rings (SSSR count). The molecular weight excluding hydrogens is 322 g/mol. The minimum absolute atomic E-state index is 0.737. The second kappa shape index (κ2) is 5.88. The van der Waals surface area contributed by atoms with Crippen LogP contribution in [0, 0.1) is 0 Å². The summed E-state index contributed by atoms with van der Waals surface area (Å²) < 4.78 is 7.82. The van der Waals surface area contributed by atoms with Gasteiger partial charge in [-0.15, -0.1) is 0 Å². The highest BCUT2D eigenvalue weighted by molar-refractivity contribution is 9.10. The Labute approximate surface area is 125 Å². The SMILES string of the molecule is Cn1nc(Br)c2c(NCCC3=CCOCC3)ncnc21. The number of rotatable bonds is 4. The highest BCUT2D eigenvalue weighted by atomic mass is 79.9. The molecule has 3 heterocycles. The monoisotopic (exact) mass is 337 g/mol. The second-order valence-electron chi connectivity index (χ2n) is 4.70. The number of halogens is 1. The standard InChI is InChI=1S/C13H16BrN5O/c1-19-13-10(11(14)18-19)12(16-8-17-13)15-5-2-9-3-6-20-7-4-9/h3,8H,2,4-7H2,1H3,(H,15,16,17). The van der Waals surface area contributed by atoms with Crippen molar-refractivity contribution in [2.75, 3.05) is 25.1 Å². The van der Waals surface area contributed by atoms with Crippen LogP contribution in [0.5, 0.6) is 0 Å². The van der Waals surface area contributed by atoms with Gasteiger partial charge in [-0.3, -0.25) is 0 Å². The summed E-state index contributed by atoms with van der Waals surface area (Å²) in [5.41, 5.74) is 2.26. The predicted octanol–water partition coefficient (Wildman–Crippen LogP) is 2.27. The van der Waals surface area contributed by atoms with Crippen LogP contribution in [-0.4, -0.2) is 39.5 Å². The summed E-state index contributed by atoms with van der Waals surface area (Å²) in [7, 11) is 1.87. The third-order valence-electron chi connectivity index (χ3n) is 3.37. The number of ether oxygens (including phenoxy) is 1. The van der Waals surface area contributed by atoms with Gasteiger partial charge in [0.25, 0.3) is 0 Å². The van der Waals surface area contributed by atoms with Crippen LogP contribution in [0.2, 0.25) is 0 Å². The zero-order valence-corrected chi connectivity index (χ0v) is 12.9. The normalized spacial score (nSPS) is 15.4. The third-order valence-corrected chi connectivity index (χ3v) is 3.93. The van der Waals surface area contributed by atoms with Gasteiger partial charge in [-0.05, 0) is 28.8 Å². The Kier molecular flexibility index (Phi) is 3.98. The van der Waals surface area contributed by atoms with Gasteiger partial charge < -0.3 is 10.1 Å². The summed E-state index contributed by atoms with van der Waals surface area (Å²) in [5, 5.41) is 8.61. The lowest BCUT2D eigenvalue weighted by atomic mass is 10.1. The average molecular weight is 338 g/mol. The van der Waals surface area contributed by atoms with Crippen molar-refractivity contribution >= 4 is 32.8 Å². The molecule has 2 aromatic heterocycles. The lowest BCUT2D eigenvalue weighted by Crippen LogP contribution is -2.10. The molecule has 0 fully saturated rings. The largest absolute Gasteiger partial charge is 0.377 e. The first-order valence-electron chi connectivity index (χ1n) is 6.58. The minimum Gasteiger partial charge on any atom is -0.377 e. The molecule has 0 saturated carbocycles. The van der Waals surface area contributed by atoms with Crippen molar-refractivity contribution in [2.24, 2.45) is 7.05 Å². The molecule has 0 atom stereocenters. The van der Waals surface area contributed by atoms with Crippen LogP contribution >= 0.6 is 15.9 Å². The van der Waals surface area contributed by atoms with Crippen molar-refractivity contribution < 1.29 is 4.74 Å². The number of hydrogen-bond donors (Lipinski definition) is 1. The van der Waals surface area contributed by atoms with E-state index in [0.29, 0.717) is 0 Å². The molecule has 1 N–H and O–H groups in total. The van der Waals surface area contributed by atoms with Crippen LogP contribution in [-0.2, 0) is 11.8 Å². The van der Waals surface area contributed by atoms with Crippen molar-refractivity contribution in [1.29, 1.82) is 0 Å². The van der Waals surface area contributed by atoms with Gasteiger partial charge in [0.1, 0.15) is 16.7 Å². The van der Waals surface area contributed by atoms with Gasteiger partial charge >= 0.3 is 0 Å². The van der Waals surface area contributed by atoms with Crippen molar-refractivity contribution in [3.05, 3.63) is 22.6 Å². The van der Waals surface area contributed by atoms with Crippen molar-refractivity contribution in [1.82, 2.24) is 19.7 Å². The van der Waals surface area contributed by atoms with E-state index in [2.05, 4.69) is 42.4 Å². The van der Waals surface area contributed by atoms with E-state index in [0.717, 1.165) is 54.1 Å². The maximum atomic E-state index is 5.31. The summed E-state index contributed by atoms with van der Waals surface area (Å²) in [6.45, 7) is 2.41. The molecule has 1 aliphatic heterocycles. The molecule has 0 unspecified atom stereocenters. The van der Waals surface area contributed by atoms with E-state index in [1.165, 1.54) is 5.57 Å². The lowest BCUT2D eigenvalue weighted by molar-refractivity contribution is 0.153. The van der Waals surface area contributed by atoms with Gasteiger partial charge in [-0.1, -0.05) is 11.6 Å². The zero-order valence-electron chi connectivity index (χ0n) is 11.3. The van der Waals surface area contributed by atoms with Crippen molar-refractivity contribution in [3.8, 4) is 0 Å². The quantitative estimate of drug-likeness (QED) is 0.867. The summed E-state index contributed by atoms with van der Waals surface area (Å²) in [5.74, 6) is 0.822. The summed E-state index contributed by atoms with van der Waals surface area (Å²) in [6, 6.07) is 0. The van der Waals surface area contributed by atoms with E-state index < -0.39 is 0 Å². The van der Waals surface area contributed by atoms with E-state index in [9.17, 15) is 0 Å². The molecule has 7 heteroatoms. The lowest BCUT2D eigenvalue weighted by Gasteiger charge is -2.14.